The van der Waals surface area contributed by atoms with Crippen molar-refractivity contribution in [1.82, 2.24) is 4.98 Å². The number of anilines is 1. The molecule has 0 saturated carbocycles. The van der Waals surface area contributed by atoms with Crippen molar-refractivity contribution in [3.8, 4) is 0 Å². The highest BCUT2D eigenvalue weighted by Crippen LogP contribution is 2.32. The third-order valence-electron chi connectivity index (χ3n) is 3.16. The van der Waals surface area contributed by atoms with Crippen molar-refractivity contribution in [1.29, 1.82) is 0 Å². The maximum atomic E-state index is 4.55. The standard InChI is InChI=1S/C13H12Br2N2/c14-9-5-7-17(8-9)13-11-2-1-3-12(15)10(11)4-6-16-13/h1-4,6,9H,5,7-8H2. The summed E-state index contributed by atoms with van der Waals surface area (Å²) in [4.78, 5) is 7.49. The number of nitrogens with zero attached hydrogens (tertiary/aromatic N) is 2. The van der Waals surface area contributed by atoms with Crippen LogP contribution in [-0.2, 0) is 0 Å². The Morgan fingerprint density at radius 3 is 2.88 bits per heavy atom. The molecule has 1 aliphatic heterocycles. The van der Waals surface area contributed by atoms with E-state index in [0.29, 0.717) is 4.83 Å². The number of benzene rings is 1. The number of hydrogen-bond acceptors (Lipinski definition) is 2. The molecule has 0 radical (unpaired) electrons. The van der Waals surface area contributed by atoms with E-state index in [9.17, 15) is 0 Å². The van der Waals surface area contributed by atoms with E-state index >= 15 is 0 Å². The lowest BCUT2D eigenvalue weighted by Gasteiger charge is -2.18. The Balaban J connectivity index is 2.13. The van der Waals surface area contributed by atoms with Gasteiger partial charge in [-0.25, -0.2) is 4.98 Å². The van der Waals surface area contributed by atoms with Crippen LogP contribution in [0.25, 0.3) is 10.8 Å². The van der Waals surface area contributed by atoms with Gasteiger partial charge in [0.1, 0.15) is 5.82 Å². The van der Waals surface area contributed by atoms with Crippen LogP contribution < -0.4 is 4.90 Å². The molecule has 1 atom stereocenters. The van der Waals surface area contributed by atoms with Gasteiger partial charge in [-0.1, -0.05) is 44.0 Å². The van der Waals surface area contributed by atoms with Gasteiger partial charge in [0.2, 0.25) is 0 Å². The Bertz CT molecular complexity index is 556. The van der Waals surface area contributed by atoms with Crippen LogP contribution in [0.5, 0.6) is 0 Å². The van der Waals surface area contributed by atoms with Crippen molar-refractivity contribution in [2.24, 2.45) is 0 Å². The number of alkyl halides is 1. The lowest BCUT2D eigenvalue weighted by molar-refractivity contribution is 0.946. The highest BCUT2D eigenvalue weighted by Gasteiger charge is 2.22. The van der Waals surface area contributed by atoms with Gasteiger partial charge in [-0.15, -0.1) is 0 Å². The molecule has 88 valence electrons. The van der Waals surface area contributed by atoms with Gasteiger partial charge < -0.3 is 4.90 Å². The molecule has 0 aliphatic carbocycles. The Hall–Kier alpha value is -0.610. The fraction of sp³-hybridized carbons (Fsp3) is 0.308. The van der Waals surface area contributed by atoms with E-state index in [1.165, 1.54) is 17.2 Å². The van der Waals surface area contributed by atoms with Crippen molar-refractivity contribution >= 4 is 48.5 Å². The molecule has 2 nitrogen and oxygen atoms in total. The summed E-state index contributed by atoms with van der Waals surface area (Å²) in [5.74, 6) is 1.10. The van der Waals surface area contributed by atoms with Crippen LogP contribution in [0.1, 0.15) is 6.42 Å². The molecule has 2 heterocycles. The predicted molar refractivity (Wildman–Crippen MR) is 79.0 cm³/mol. The minimum Gasteiger partial charge on any atom is -0.355 e. The van der Waals surface area contributed by atoms with Gasteiger partial charge in [0, 0.05) is 39.4 Å². The summed E-state index contributed by atoms with van der Waals surface area (Å²) in [6.07, 6.45) is 3.08. The van der Waals surface area contributed by atoms with Crippen molar-refractivity contribution in [3.05, 3.63) is 34.9 Å². The van der Waals surface area contributed by atoms with Crippen LogP contribution in [0.2, 0.25) is 0 Å². The molecule has 2 aromatic rings. The fourth-order valence-electron chi connectivity index (χ4n) is 2.32. The van der Waals surface area contributed by atoms with E-state index < -0.39 is 0 Å². The molecule has 3 rings (SSSR count). The Labute approximate surface area is 117 Å². The number of fused-ring (bicyclic) bond motifs is 1. The summed E-state index contributed by atoms with van der Waals surface area (Å²) >= 11 is 7.27. The molecular formula is C13H12Br2N2. The monoisotopic (exact) mass is 354 g/mol. The third-order valence-corrected chi connectivity index (χ3v) is 4.60. The van der Waals surface area contributed by atoms with Gasteiger partial charge in [0.25, 0.3) is 0 Å². The Kier molecular flexibility index (Phi) is 3.09. The Morgan fingerprint density at radius 2 is 2.12 bits per heavy atom. The van der Waals surface area contributed by atoms with Crippen molar-refractivity contribution in [2.45, 2.75) is 11.2 Å². The molecule has 0 amide bonds. The average molecular weight is 356 g/mol. The molecule has 1 aromatic heterocycles. The van der Waals surface area contributed by atoms with Gasteiger partial charge >= 0.3 is 0 Å². The molecule has 4 heteroatoms. The van der Waals surface area contributed by atoms with E-state index in [1.807, 2.05) is 6.20 Å². The topological polar surface area (TPSA) is 16.1 Å². The third kappa shape index (κ3) is 2.08. The van der Waals surface area contributed by atoms with Crippen molar-refractivity contribution < 1.29 is 0 Å². The van der Waals surface area contributed by atoms with E-state index in [1.54, 1.807) is 0 Å². The number of hydrogen-bond donors (Lipinski definition) is 0. The smallest absolute Gasteiger partial charge is 0.136 e. The molecule has 1 aliphatic rings. The largest absolute Gasteiger partial charge is 0.355 e. The summed E-state index contributed by atoms with van der Waals surface area (Å²) < 4.78 is 1.13. The van der Waals surface area contributed by atoms with Gasteiger partial charge in [-0.3, -0.25) is 0 Å². The highest BCUT2D eigenvalue weighted by atomic mass is 79.9. The number of pyridine rings is 1. The molecule has 0 spiro atoms. The molecule has 1 unspecified atom stereocenters. The predicted octanol–water partition coefficient (Wildman–Crippen LogP) is 3.97. The molecule has 0 bridgehead atoms. The summed E-state index contributed by atoms with van der Waals surface area (Å²) in [6, 6.07) is 8.34. The van der Waals surface area contributed by atoms with E-state index in [0.717, 1.165) is 23.4 Å². The normalized spacial score (nSPS) is 20.1. The molecule has 1 fully saturated rings. The zero-order valence-electron chi connectivity index (χ0n) is 9.24. The number of halogens is 2. The summed E-state index contributed by atoms with van der Waals surface area (Å²) in [6.45, 7) is 2.12. The minimum atomic E-state index is 0.590. The van der Waals surface area contributed by atoms with Crippen LogP contribution in [0.3, 0.4) is 0 Å². The van der Waals surface area contributed by atoms with Crippen molar-refractivity contribution in [3.63, 3.8) is 0 Å². The van der Waals surface area contributed by atoms with Crippen LogP contribution in [-0.4, -0.2) is 22.9 Å². The van der Waals surface area contributed by atoms with Gasteiger partial charge in [0.05, 0.1) is 0 Å². The second kappa shape index (κ2) is 4.58. The summed E-state index contributed by atoms with van der Waals surface area (Å²) in [5, 5.41) is 2.46. The van der Waals surface area contributed by atoms with Crippen molar-refractivity contribution in [2.75, 3.05) is 18.0 Å². The minimum absolute atomic E-state index is 0.590. The molecule has 17 heavy (non-hydrogen) atoms. The maximum absolute atomic E-state index is 4.55. The average Bonchev–Trinajstić information content (AvgIpc) is 2.76. The molecule has 0 N–H and O–H groups in total. The van der Waals surface area contributed by atoms with Gasteiger partial charge in [0.15, 0.2) is 0 Å². The lowest BCUT2D eigenvalue weighted by atomic mass is 10.1. The Morgan fingerprint density at radius 1 is 1.24 bits per heavy atom. The molecule has 1 saturated heterocycles. The number of rotatable bonds is 1. The molecule has 1 aromatic carbocycles. The van der Waals surface area contributed by atoms with Crippen LogP contribution in [0, 0.1) is 0 Å². The maximum Gasteiger partial charge on any atom is 0.136 e. The lowest BCUT2D eigenvalue weighted by Crippen LogP contribution is -2.20. The zero-order chi connectivity index (χ0) is 11.8. The van der Waals surface area contributed by atoms with Gasteiger partial charge in [-0.2, -0.15) is 0 Å². The fourth-order valence-corrected chi connectivity index (χ4v) is 3.37. The first-order valence-corrected chi connectivity index (χ1v) is 7.39. The summed E-state index contributed by atoms with van der Waals surface area (Å²) in [7, 11) is 0. The van der Waals surface area contributed by atoms with E-state index in [-0.39, 0.29) is 0 Å². The van der Waals surface area contributed by atoms with E-state index in [2.05, 4.69) is 66.0 Å². The summed E-state index contributed by atoms with van der Waals surface area (Å²) in [5.41, 5.74) is 0. The SMILES string of the molecule is Brc1cccc2c(N3CCC(Br)C3)nccc12. The van der Waals surface area contributed by atoms with Crippen LogP contribution >= 0.6 is 31.9 Å². The number of aromatic nitrogens is 1. The zero-order valence-corrected chi connectivity index (χ0v) is 12.4. The van der Waals surface area contributed by atoms with Crippen LogP contribution in [0.15, 0.2) is 34.9 Å². The quantitative estimate of drug-likeness (QED) is 0.719. The van der Waals surface area contributed by atoms with Gasteiger partial charge in [-0.05, 0) is 18.6 Å². The first kappa shape index (κ1) is 11.5. The van der Waals surface area contributed by atoms with Crippen LogP contribution in [0.4, 0.5) is 5.82 Å². The first-order valence-electron chi connectivity index (χ1n) is 5.68. The first-order chi connectivity index (χ1) is 8.25. The van der Waals surface area contributed by atoms with E-state index in [4.69, 9.17) is 0 Å². The second-order valence-electron chi connectivity index (χ2n) is 4.30. The molecular weight excluding hydrogens is 344 g/mol. The highest BCUT2D eigenvalue weighted by molar-refractivity contribution is 9.10. The second-order valence-corrected chi connectivity index (χ2v) is 6.45.